The molecule has 1 aliphatic heterocycles. The predicted molar refractivity (Wildman–Crippen MR) is 33.8 cm³/mol. The molecule has 0 unspecified atom stereocenters. The summed E-state index contributed by atoms with van der Waals surface area (Å²) in [6.45, 7) is -0.730. The molecule has 0 radical (unpaired) electrons. The van der Waals surface area contributed by atoms with Gasteiger partial charge in [0.15, 0.2) is 5.78 Å². The summed E-state index contributed by atoms with van der Waals surface area (Å²) in [6.07, 6.45) is -3.28. The van der Waals surface area contributed by atoms with Gasteiger partial charge in [-0.1, -0.05) is 0 Å². The van der Waals surface area contributed by atoms with E-state index in [2.05, 4.69) is 0 Å². The van der Waals surface area contributed by atoms with Crippen LogP contribution in [-0.4, -0.2) is 52.6 Å². The number of carbonyl (C=O) groups excluding carboxylic acids is 1. The zero-order chi connectivity index (χ0) is 8.43. The average Bonchev–Trinajstić information content (AvgIpc) is 2.32. The zero-order valence-corrected chi connectivity index (χ0v) is 5.80. The van der Waals surface area contributed by atoms with Crippen LogP contribution in [0.3, 0.4) is 0 Å². The number of aliphatic hydroxyl groups is 3. The summed E-state index contributed by atoms with van der Waals surface area (Å²) in [7, 11) is 0. The molecule has 5 heteroatoms. The quantitative estimate of drug-likeness (QED) is 0.424. The van der Waals surface area contributed by atoms with Gasteiger partial charge in [-0.2, -0.15) is 0 Å². The summed E-state index contributed by atoms with van der Waals surface area (Å²) < 4.78 is 4.72. The van der Waals surface area contributed by atoms with Crippen LogP contribution in [0.25, 0.3) is 0 Å². The number of hydrogen-bond donors (Lipinski definition) is 3. The van der Waals surface area contributed by atoms with E-state index in [1.807, 2.05) is 0 Å². The second kappa shape index (κ2) is 3.27. The third kappa shape index (κ3) is 1.57. The van der Waals surface area contributed by atoms with Crippen LogP contribution in [0.4, 0.5) is 0 Å². The van der Waals surface area contributed by atoms with Gasteiger partial charge in [0.2, 0.25) is 0 Å². The van der Waals surface area contributed by atoms with Crippen molar-refractivity contribution in [2.75, 3.05) is 13.2 Å². The van der Waals surface area contributed by atoms with Crippen LogP contribution < -0.4 is 0 Å². The number of carbonyl (C=O) groups is 1. The van der Waals surface area contributed by atoms with Gasteiger partial charge in [0.25, 0.3) is 0 Å². The first-order chi connectivity index (χ1) is 5.16. The molecule has 1 aliphatic rings. The SMILES string of the molecule is O=C(CO)[C@@H]1OC[C@@H](O)[C@@H]1O. The Hall–Kier alpha value is -0.490. The molecule has 0 amide bonds. The molecule has 5 nitrogen and oxygen atoms in total. The van der Waals surface area contributed by atoms with Gasteiger partial charge >= 0.3 is 0 Å². The fourth-order valence-electron chi connectivity index (χ4n) is 0.975. The highest BCUT2D eigenvalue weighted by molar-refractivity contribution is 5.85. The summed E-state index contributed by atoms with van der Waals surface area (Å²) >= 11 is 0. The third-order valence-corrected chi connectivity index (χ3v) is 1.62. The van der Waals surface area contributed by atoms with Crippen molar-refractivity contribution in [3.05, 3.63) is 0 Å². The largest absolute Gasteiger partial charge is 0.388 e. The van der Waals surface area contributed by atoms with Crippen molar-refractivity contribution in [3.63, 3.8) is 0 Å². The van der Waals surface area contributed by atoms with Gasteiger partial charge in [-0.05, 0) is 0 Å². The molecule has 1 heterocycles. The predicted octanol–water partition coefficient (Wildman–Crippen LogP) is -2.33. The molecular formula is C6H10O5. The highest BCUT2D eigenvalue weighted by Gasteiger charge is 2.38. The average molecular weight is 162 g/mol. The molecule has 0 aromatic carbocycles. The number of aliphatic hydroxyl groups excluding tert-OH is 3. The van der Waals surface area contributed by atoms with Crippen LogP contribution in [0.15, 0.2) is 0 Å². The fraction of sp³-hybridized carbons (Fsp3) is 0.833. The van der Waals surface area contributed by atoms with Crippen LogP contribution in [-0.2, 0) is 9.53 Å². The molecule has 0 aliphatic carbocycles. The first-order valence-corrected chi connectivity index (χ1v) is 3.28. The Balaban J connectivity index is 2.54. The molecule has 1 fully saturated rings. The van der Waals surface area contributed by atoms with Crippen LogP contribution in [0.1, 0.15) is 0 Å². The highest BCUT2D eigenvalue weighted by Crippen LogP contribution is 2.14. The molecule has 3 atom stereocenters. The van der Waals surface area contributed by atoms with Gasteiger partial charge in [-0.15, -0.1) is 0 Å². The van der Waals surface area contributed by atoms with Gasteiger partial charge in [0.05, 0.1) is 6.61 Å². The summed E-state index contributed by atoms with van der Waals surface area (Å²) in [4.78, 5) is 10.7. The fourth-order valence-corrected chi connectivity index (χ4v) is 0.975. The van der Waals surface area contributed by atoms with E-state index in [0.717, 1.165) is 0 Å². The first-order valence-electron chi connectivity index (χ1n) is 3.28. The molecule has 64 valence electrons. The molecule has 0 aromatic heterocycles. The standard InChI is InChI=1S/C6H10O5/c7-1-3(8)6-5(10)4(9)2-11-6/h4-7,9-10H,1-2H2/t4-,5+,6+/m1/s1. The summed E-state index contributed by atoms with van der Waals surface area (Å²) in [5.74, 6) is -0.603. The lowest BCUT2D eigenvalue weighted by Crippen LogP contribution is -2.37. The maximum absolute atomic E-state index is 10.7. The Morgan fingerprint density at radius 1 is 1.55 bits per heavy atom. The summed E-state index contributed by atoms with van der Waals surface area (Å²) in [5.41, 5.74) is 0. The third-order valence-electron chi connectivity index (χ3n) is 1.62. The maximum Gasteiger partial charge on any atom is 0.189 e. The van der Waals surface area contributed by atoms with Crippen LogP contribution >= 0.6 is 0 Å². The lowest BCUT2D eigenvalue weighted by molar-refractivity contribution is -0.134. The summed E-state index contributed by atoms with van der Waals surface area (Å²) in [5, 5.41) is 26.3. The van der Waals surface area contributed by atoms with Crippen molar-refractivity contribution >= 4 is 5.78 Å². The van der Waals surface area contributed by atoms with E-state index in [1.165, 1.54) is 0 Å². The van der Waals surface area contributed by atoms with Crippen LogP contribution in [0.5, 0.6) is 0 Å². The van der Waals surface area contributed by atoms with Gasteiger partial charge in [0.1, 0.15) is 24.9 Å². The number of hydrogen-bond acceptors (Lipinski definition) is 5. The highest BCUT2D eigenvalue weighted by atomic mass is 16.5. The zero-order valence-electron chi connectivity index (χ0n) is 5.80. The van der Waals surface area contributed by atoms with E-state index in [4.69, 9.17) is 20.1 Å². The molecule has 0 spiro atoms. The van der Waals surface area contributed by atoms with Gasteiger partial charge in [-0.3, -0.25) is 4.79 Å². The summed E-state index contributed by atoms with van der Waals surface area (Å²) in [6, 6.07) is 0. The van der Waals surface area contributed by atoms with E-state index in [0.29, 0.717) is 0 Å². The smallest absolute Gasteiger partial charge is 0.189 e. The van der Waals surface area contributed by atoms with Crippen LogP contribution in [0, 0.1) is 0 Å². The van der Waals surface area contributed by atoms with Crippen molar-refractivity contribution < 1.29 is 24.9 Å². The Morgan fingerprint density at radius 2 is 2.18 bits per heavy atom. The normalized spacial score (nSPS) is 37.5. The Kier molecular flexibility index (Phi) is 2.56. The topological polar surface area (TPSA) is 87.0 Å². The van der Waals surface area contributed by atoms with Crippen molar-refractivity contribution in [2.45, 2.75) is 18.3 Å². The molecule has 1 saturated heterocycles. The van der Waals surface area contributed by atoms with Crippen molar-refractivity contribution in [1.29, 1.82) is 0 Å². The van der Waals surface area contributed by atoms with Gasteiger partial charge < -0.3 is 20.1 Å². The number of rotatable bonds is 2. The Bertz CT molecular complexity index is 157. The van der Waals surface area contributed by atoms with Crippen LogP contribution in [0.2, 0.25) is 0 Å². The number of ether oxygens (including phenoxy) is 1. The maximum atomic E-state index is 10.7. The van der Waals surface area contributed by atoms with Crippen molar-refractivity contribution in [2.24, 2.45) is 0 Å². The molecular weight excluding hydrogens is 152 g/mol. The van der Waals surface area contributed by atoms with E-state index >= 15 is 0 Å². The lowest BCUT2D eigenvalue weighted by Gasteiger charge is -2.11. The first kappa shape index (κ1) is 8.61. The van der Waals surface area contributed by atoms with Gasteiger partial charge in [-0.25, -0.2) is 0 Å². The monoisotopic (exact) mass is 162 g/mol. The lowest BCUT2D eigenvalue weighted by atomic mass is 10.1. The Labute approximate surface area is 63.2 Å². The molecule has 0 bridgehead atoms. The second-order valence-electron chi connectivity index (χ2n) is 2.44. The molecule has 0 aromatic rings. The molecule has 0 saturated carbocycles. The Morgan fingerprint density at radius 3 is 2.55 bits per heavy atom. The minimum atomic E-state index is -1.20. The van der Waals surface area contributed by atoms with E-state index in [1.54, 1.807) is 0 Å². The van der Waals surface area contributed by atoms with E-state index in [9.17, 15) is 4.79 Å². The van der Waals surface area contributed by atoms with Crippen molar-refractivity contribution in [3.8, 4) is 0 Å². The second-order valence-corrected chi connectivity index (χ2v) is 2.44. The molecule has 3 N–H and O–H groups in total. The minimum absolute atomic E-state index is 0.0580. The minimum Gasteiger partial charge on any atom is -0.388 e. The number of ketones is 1. The van der Waals surface area contributed by atoms with E-state index < -0.39 is 30.7 Å². The molecule has 11 heavy (non-hydrogen) atoms. The van der Waals surface area contributed by atoms with Gasteiger partial charge in [0, 0.05) is 0 Å². The van der Waals surface area contributed by atoms with Crippen molar-refractivity contribution in [1.82, 2.24) is 0 Å². The van der Waals surface area contributed by atoms with E-state index in [-0.39, 0.29) is 6.61 Å². The number of Topliss-reactive ketones (excluding diaryl/α,β-unsaturated/α-hetero) is 1. The molecule has 1 rings (SSSR count).